The Labute approximate surface area is 98.3 Å². The van der Waals surface area contributed by atoms with Gasteiger partial charge in [0.05, 0.1) is 6.61 Å². The van der Waals surface area contributed by atoms with Gasteiger partial charge in [0.25, 0.3) is 11.8 Å². The van der Waals surface area contributed by atoms with Crippen LogP contribution in [0.2, 0.25) is 0 Å². The molecule has 0 aliphatic rings. The van der Waals surface area contributed by atoms with E-state index in [2.05, 4.69) is 0 Å². The van der Waals surface area contributed by atoms with Gasteiger partial charge in [-0.05, 0) is 12.1 Å². The van der Waals surface area contributed by atoms with Crippen LogP contribution in [-0.2, 0) is 9.59 Å². The van der Waals surface area contributed by atoms with E-state index < -0.39 is 17.9 Å². The lowest BCUT2D eigenvalue weighted by Gasteiger charge is -2.23. The van der Waals surface area contributed by atoms with Gasteiger partial charge in [0.15, 0.2) is 0 Å². The number of para-hydroxylation sites is 1. The molecule has 0 fully saturated rings. The van der Waals surface area contributed by atoms with E-state index in [9.17, 15) is 14.7 Å². The molecule has 0 radical (unpaired) electrons. The summed E-state index contributed by atoms with van der Waals surface area (Å²) in [6.07, 6.45) is -1.90. The molecule has 0 aromatic heterocycles. The monoisotopic (exact) mass is 238 g/mol. The molecule has 17 heavy (non-hydrogen) atoms. The second kappa shape index (κ2) is 5.97. The lowest BCUT2D eigenvalue weighted by atomic mass is 10.2. The number of aliphatic hydroxyl groups is 2. The maximum Gasteiger partial charge on any atom is 0.265 e. The van der Waals surface area contributed by atoms with Gasteiger partial charge in [-0.3, -0.25) is 9.59 Å². The fourth-order valence-corrected chi connectivity index (χ4v) is 1.34. The average molecular weight is 238 g/mol. The molecule has 0 saturated carbocycles. The second-order valence-electron chi connectivity index (χ2n) is 3.35. The van der Waals surface area contributed by atoms with E-state index in [1.165, 1.54) is 0 Å². The van der Waals surface area contributed by atoms with Gasteiger partial charge in [-0.15, -0.1) is 0 Å². The van der Waals surface area contributed by atoms with Crippen molar-refractivity contribution in [1.82, 2.24) is 0 Å². The number of hydrogen-bond acceptors (Lipinski definition) is 4. The molecule has 0 aliphatic carbocycles. The zero-order valence-electron chi connectivity index (χ0n) is 9.11. The first-order valence-corrected chi connectivity index (χ1v) is 5.02. The summed E-state index contributed by atoms with van der Waals surface area (Å²) in [6.45, 7) is -0.306. The standard InChI is InChI=1S/C11H14N2O4/c12-10(16)9(15)11(17)13(6-7-14)8-4-2-1-3-5-8/h1-5,9,14-15H,6-7H2,(H2,12,16). The Kier molecular flexibility index (Phi) is 4.62. The van der Waals surface area contributed by atoms with Gasteiger partial charge in [-0.2, -0.15) is 0 Å². The Hall–Kier alpha value is -1.92. The number of nitrogens with zero attached hydrogens (tertiary/aromatic N) is 1. The summed E-state index contributed by atoms with van der Waals surface area (Å²) < 4.78 is 0. The summed E-state index contributed by atoms with van der Waals surface area (Å²) in [5.41, 5.74) is 5.33. The highest BCUT2D eigenvalue weighted by molar-refractivity contribution is 6.09. The summed E-state index contributed by atoms with van der Waals surface area (Å²) in [6, 6.07) is 8.41. The first kappa shape index (κ1) is 13.1. The molecule has 0 bridgehead atoms. The first-order chi connectivity index (χ1) is 8.07. The van der Waals surface area contributed by atoms with E-state index >= 15 is 0 Å². The molecular formula is C11H14N2O4. The number of aliphatic hydroxyl groups excluding tert-OH is 2. The largest absolute Gasteiger partial charge is 0.395 e. The topological polar surface area (TPSA) is 104 Å². The number of anilines is 1. The molecule has 1 rings (SSSR count). The molecule has 0 aliphatic heterocycles. The van der Waals surface area contributed by atoms with Crippen molar-refractivity contribution in [2.24, 2.45) is 5.73 Å². The van der Waals surface area contributed by atoms with Crippen LogP contribution in [0.3, 0.4) is 0 Å². The van der Waals surface area contributed by atoms with Gasteiger partial charge in [0.2, 0.25) is 6.10 Å². The van der Waals surface area contributed by atoms with Crippen LogP contribution in [0, 0.1) is 0 Å². The van der Waals surface area contributed by atoms with Crippen LogP contribution in [-0.4, -0.2) is 41.3 Å². The van der Waals surface area contributed by atoms with E-state index in [1.807, 2.05) is 0 Å². The Bertz CT molecular complexity index is 394. The van der Waals surface area contributed by atoms with Crippen LogP contribution in [0.15, 0.2) is 30.3 Å². The molecule has 92 valence electrons. The molecule has 1 aromatic carbocycles. The van der Waals surface area contributed by atoms with Crippen molar-refractivity contribution in [3.05, 3.63) is 30.3 Å². The van der Waals surface area contributed by atoms with Crippen molar-refractivity contribution in [2.75, 3.05) is 18.1 Å². The Balaban J connectivity index is 2.94. The van der Waals surface area contributed by atoms with Gasteiger partial charge in [-0.1, -0.05) is 18.2 Å². The number of amides is 2. The molecule has 2 amide bonds. The summed E-state index contributed by atoms with van der Waals surface area (Å²) in [5, 5.41) is 18.2. The Morgan fingerprint density at radius 1 is 1.29 bits per heavy atom. The third-order valence-electron chi connectivity index (χ3n) is 2.16. The number of rotatable bonds is 5. The summed E-state index contributed by atoms with van der Waals surface area (Å²) in [4.78, 5) is 23.6. The maximum absolute atomic E-state index is 11.7. The number of carbonyl (C=O) groups excluding carboxylic acids is 2. The average Bonchev–Trinajstić information content (AvgIpc) is 2.35. The van der Waals surface area contributed by atoms with E-state index in [-0.39, 0.29) is 13.2 Å². The van der Waals surface area contributed by atoms with Gasteiger partial charge < -0.3 is 20.8 Å². The third kappa shape index (κ3) is 3.27. The van der Waals surface area contributed by atoms with Crippen LogP contribution in [0.25, 0.3) is 0 Å². The highest BCUT2D eigenvalue weighted by Crippen LogP contribution is 2.14. The van der Waals surface area contributed by atoms with Gasteiger partial charge in [0, 0.05) is 12.2 Å². The predicted molar refractivity (Wildman–Crippen MR) is 61.1 cm³/mol. The normalized spacial score (nSPS) is 11.9. The molecule has 1 unspecified atom stereocenters. The van der Waals surface area contributed by atoms with Crippen LogP contribution in [0.4, 0.5) is 5.69 Å². The molecule has 6 heteroatoms. The number of primary amides is 1. The number of benzene rings is 1. The minimum absolute atomic E-state index is 0.0206. The molecule has 6 nitrogen and oxygen atoms in total. The fraction of sp³-hybridized carbons (Fsp3) is 0.273. The number of hydrogen-bond donors (Lipinski definition) is 3. The Morgan fingerprint density at radius 3 is 2.35 bits per heavy atom. The van der Waals surface area contributed by atoms with Crippen molar-refractivity contribution in [1.29, 1.82) is 0 Å². The van der Waals surface area contributed by atoms with E-state index in [0.717, 1.165) is 4.90 Å². The van der Waals surface area contributed by atoms with Crippen LogP contribution < -0.4 is 10.6 Å². The van der Waals surface area contributed by atoms with E-state index in [0.29, 0.717) is 5.69 Å². The number of carbonyl (C=O) groups is 2. The molecule has 1 atom stereocenters. The second-order valence-corrected chi connectivity index (χ2v) is 3.35. The SMILES string of the molecule is NC(=O)C(O)C(=O)N(CCO)c1ccccc1. The zero-order chi connectivity index (χ0) is 12.8. The van der Waals surface area contributed by atoms with Crippen LogP contribution in [0.5, 0.6) is 0 Å². The molecule has 0 heterocycles. The minimum Gasteiger partial charge on any atom is -0.395 e. The van der Waals surface area contributed by atoms with Gasteiger partial charge >= 0.3 is 0 Å². The lowest BCUT2D eigenvalue weighted by Crippen LogP contribution is -2.46. The summed E-state index contributed by atoms with van der Waals surface area (Å²) in [5.74, 6) is -1.97. The third-order valence-corrected chi connectivity index (χ3v) is 2.16. The summed E-state index contributed by atoms with van der Waals surface area (Å²) in [7, 11) is 0. The van der Waals surface area contributed by atoms with Crippen LogP contribution in [0.1, 0.15) is 0 Å². The predicted octanol–water partition coefficient (Wildman–Crippen LogP) is -1.14. The van der Waals surface area contributed by atoms with Crippen molar-refractivity contribution in [2.45, 2.75) is 6.10 Å². The minimum atomic E-state index is -1.90. The zero-order valence-corrected chi connectivity index (χ0v) is 9.11. The fourth-order valence-electron chi connectivity index (χ4n) is 1.34. The molecule has 0 saturated heterocycles. The van der Waals surface area contributed by atoms with Crippen molar-refractivity contribution in [3.63, 3.8) is 0 Å². The highest BCUT2D eigenvalue weighted by Gasteiger charge is 2.27. The van der Waals surface area contributed by atoms with Crippen molar-refractivity contribution >= 4 is 17.5 Å². The Morgan fingerprint density at radius 2 is 1.88 bits per heavy atom. The molecule has 0 spiro atoms. The lowest BCUT2D eigenvalue weighted by molar-refractivity contribution is -0.137. The maximum atomic E-state index is 11.7. The van der Waals surface area contributed by atoms with E-state index in [1.54, 1.807) is 30.3 Å². The molecular weight excluding hydrogens is 224 g/mol. The first-order valence-electron chi connectivity index (χ1n) is 5.02. The molecule has 4 N–H and O–H groups in total. The smallest absolute Gasteiger partial charge is 0.265 e. The van der Waals surface area contributed by atoms with Gasteiger partial charge in [-0.25, -0.2) is 0 Å². The van der Waals surface area contributed by atoms with Crippen molar-refractivity contribution < 1.29 is 19.8 Å². The number of nitrogens with two attached hydrogens (primary N) is 1. The van der Waals surface area contributed by atoms with E-state index in [4.69, 9.17) is 10.8 Å². The highest BCUT2D eigenvalue weighted by atomic mass is 16.3. The van der Waals surface area contributed by atoms with Gasteiger partial charge in [0.1, 0.15) is 0 Å². The summed E-state index contributed by atoms with van der Waals surface area (Å²) >= 11 is 0. The molecule has 1 aromatic rings. The van der Waals surface area contributed by atoms with Crippen molar-refractivity contribution in [3.8, 4) is 0 Å². The quantitative estimate of drug-likeness (QED) is 0.564. The van der Waals surface area contributed by atoms with Crippen LogP contribution >= 0.6 is 0 Å².